The van der Waals surface area contributed by atoms with Gasteiger partial charge in [0.05, 0.1) is 5.56 Å². The van der Waals surface area contributed by atoms with Crippen LogP contribution in [0.4, 0.5) is 13.2 Å². The lowest BCUT2D eigenvalue weighted by atomic mass is 9.64. The van der Waals surface area contributed by atoms with E-state index in [0.717, 1.165) is 32.1 Å². The first-order chi connectivity index (χ1) is 16.0. The molecule has 4 rings (SSSR count). The van der Waals surface area contributed by atoms with Crippen molar-refractivity contribution in [1.82, 2.24) is 0 Å². The molecule has 172 valence electrons. The number of halogens is 3. The van der Waals surface area contributed by atoms with E-state index in [4.69, 9.17) is 4.74 Å². The molecule has 1 nitrogen and oxygen atoms in total. The fourth-order valence-electron chi connectivity index (χ4n) is 5.38. The second kappa shape index (κ2) is 10.3. The van der Waals surface area contributed by atoms with Crippen LogP contribution >= 0.6 is 0 Å². The smallest absolute Gasteiger partial charge is 0.174 e. The Hall–Kier alpha value is -2.93. The third-order valence-electron chi connectivity index (χ3n) is 7.17. The second-order valence-electron chi connectivity index (χ2n) is 9.16. The molecular weight excluding hydrogens is 421 g/mol. The van der Waals surface area contributed by atoms with Gasteiger partial charge in [-0.15, -0.1) is 6.58 Å². The molecule has 4 unspecified atom stereocenters. The lowest BCUT2D eigenvalue weighted by Gasteiger charge is -2.41. The van der Waals surface area contributed by atoms with Gasteiger partial charge in [-0.05, 0) is 92.0 Å². The molecule has 2 aromatic carbocycles. The van der Waals surface area contributed by atoms with E-state index in [1.54, 1.807) is 18.2 Å². The first-order valence-electron chi connectivity index (χ1n) is 11.7. The zero-order valence-electron chi connectivity index (χ0n) is 18.8. The third-order valence-corrected chi connectivity index (χ3v) is 7.17. The van der Waals surface area contributed by atoms with Gasteiger partial charge in [0, 0.05) is 5.56 Å². The van der Waals surface area contributed by atoms with Crippen molar-refractivity contribution in [3.8, 4) is 17.6 Å². The Kier molecular flexibility index (Phi) is 7.28. The summed E-state index contributed by atoms with van der Waals surface area (Å²) < 4.78 is 49.1. The van der Waals surface area contributed by atoms with Crippen LogP contribution in [0.15, 0.2) is 55.6 Å². The summed E-state index contributed by atoms with van der Waals surface area (Å²) in [5, 5.41) is 0. The molecular formula is C29H29F3O. The fourth-order valence-corrected chi connectivity index (χ4v) is 5.38. The molecule has 0 N–H and O–H groups in total. The summed E-state index contributed by atoms with van der Waals surface area (Å²) in [6.45, 7) is 7.65. The van der Waals surface area contributed by atoms with Crippen LogP contribution < -0.4 is 4.74 Å². The summed E-state index contributed by atoms with van der Waals surface area (Å²) in [7, 11) is 0. The minimum Gasteiger partial charge on any atom is -0.486 e. The largest absolute Gasteiger partial charge is 0.486 e. The van der Waals surface area contributed by atoms with Crippen LogP contribution in [0.25, 0.3) is 0 Å². The zero-order chi connectivity index (χ0) is 23.4. The lowest BCUT2D eigenvalue weighted by Crippen LogP contribution is -2.30. The van der Waals surface area contributed by atoms with Gasteiger partial charge in [-0.2, -0.15) is 0 Å². The van der Waals surface area contributed by atoms with E-state index in [-0.39, 0.29) is 23.8 Å². The first kappa shape index (κ1) is 23.2. The summed E-state index contributed by atoms with van der Waals surface area (Å²) in [5.74, 6) is 5.05. The SMILES string of the molecule is C=CCOc1ccc(C#Cc2ccc(C3CCC4CC(C=C)CCC4C3)c(F)c2F)cc1F. The Morgan fingerprint density at radius 2 is 1.70 bits per heavy atom. The molecule has 2 aliphatic carbocycles. The number of hydrogen-bond acceptors (Lipinski definition) is 1. The molecule has 0 saturated heterocycles. The molecule has 0 radical (unpaired) electrons. The maximum Gasteiger partial charge on any atom is 0.174 e. The van der Waals surface area contributed by atoms with Gasteiger partial charge in [0.2, 0.25) is 0 Å². The van der Waals surface area contributed by atoms with Crippen molar-refractivity contribution in [1.29, 1.82) is 0 Å². The summed E-state index contributed by atoms with van der Waals surface area (Å²) in [6, 6.07) is 7.47. The van der Waals surface area contributed by atoms with Crippen molar-refractivity contribution in [2.75, 3.05) is 6.61 Å². The Bertz CT molecular complexity index is 1090. The number of fused-ring (bicyclic) bond motifs is 1. The van der Waals surface area contributed by atoms with Gasteiger partial charge in [0.15, 0.2) is 23.2 Å². The summed E-state index contributed by atoms with van der Waals surface area (Å²) in [6.07, 6.45) is 9.89. The summed E-state index contributed by atoms with van der Waals surface area (Å²) >= 11 is 0. The second-order valence-corrected chi connectivity index (χ2v) is 9.16. The highest BCUT2D eigenvalue weighted by atomic mass is 19.2. The van der Waals surface area contributed by atoms with E-state index in [1.807, 2.05) is 0 Å². The van der Waals surface area contributed by atoms with Crippen molar-refractivity contribution in [2.45, 2.75) is 44.4 Å². The van der Waals surface area contributed by atoms with Crippen LogP contribution in [0.1, 0.15) is 61.1 Å². The van der Waals surface area contributed by atoms with Gasteiger partial charge < -0.3 is 4.74 Å². The van der Waals surface area contributed by atoms with E-state index in [1.165, 1.54) is 24.6 Å². The summed E-state index contributed by atoms with van der Waals surface area (Å²) in [4.78, 5) is 0. The molecule has 2 aliphatic rings. The summed E-state index contributed by atoms with van der Waals surface area (Å²) in [5.41, 5.74) is 0.789. The van der Waals surface area contributed by atoms with E-state index in [0.29, 0.717) is 28.9 Å². The fraction of sp³-hybridized carbons (Fsp3) is 0.379. The zero-order valence-corrected chi connectivity index (χ0v) is 18.8. The Morgan fingerprint density at radius 1 is 0.909 bits per heavy atom. The van der Waals surface area contributed by atoms with Crippen LogP contribution in [0.5, 0.6) is 5.75 Å². The van der Waals surface area contributed by atoms with Gasteiger partial charge >= 0.3 is 0 Å². The highest BCUT2D eigenvalue weighted by Gasteiger charge is 2.36. The first-order valence-corrected chi connectivity index (χ1v) is 11.7. The molecule has 2 fully saturated rings. The van der Waals surface area contributed by atoms with Gasteiger partial charge in [-0.25, -0.2) is 13.2 Å². The van der Waals surface area contributed by atoms with Crippen LogP contribution in [-0.4, -0.2) is 6.61 Å². The average Bonchev–Trinajstić information content (AvgIpc) is 2.83. The normalized spacial score (nSPS) is 24.2. The number of allylic oxidation sites excluding steroid dienone is 1. The monoisotopic (exact) mass is 450 g/mol. The quantitative estimate of drug-likeness (QED) is 0.337. The van der Waals surface area contributed by atoms with E-state index >= 15 is 4.39 Å². The predicted molar refractivity (Wildman–Crippen MR) is 126 cm³/mol. The van der Waals surface area contributed by atoms with Crippen LogP contribution in [0.3, 0.4) is 0 Å². The molecule has 0 heterocycles. The van der Waals surface area contributed by atoms with Crippen LogP contribution in [-0.2, 0) is 0 Å². The molecule has 0 spiro atoms. The van der Waals surface area contributed by atoms with Crippen molar-refractivity contribution >= 4 is 0 Å². The molecule has 0 aliphatic heterocycles. The van der Waals surface area contributed by atoms with Gasteiger partial charge in [0.25, 0.3) is 0 Å². The molecule has 0 aromatic heterocycles. The minimum absolute atomic E-state index is 0.0242. The van der Waals surface area contributed by atoms with Gasteiger partial charge in [-0.3, -0.25) is 0 Å². The maximum absolute atomic E-state index is 15.0. The van der Waals surface area contributed by atoms with Crippen molar-refractivity contribution in [3.63, 3.8) is 0 Å². The van der Waals surface area contributed by atoms with Crippen LogP contribution in [0, 0.1) is 47.0 Å². The van der Waals surface area contributed by atoms with E-state index < -0.39 is 17.5 Å². The minimum atomic E-state index is -0.927. The van der Waals surface area contributed by atoms with Crippen molar-refractivity contribution in [3.05, 3.63) is 89.8 Å². The average molecular weight is 451 g/mol. The Balaban J connectivity index is 1.48. The lowest BCUT2D eigenvalue weighted by molar-refractivity contribution is 0.132. The number of hydrogen-bond donors (Lipinski definition) is 0. The highest BCUT2D eigenvalue weighted by Crippen LogP contribution is 2.48. The highest BCUT2D eigenvalue weighted by molar-refractivity contribution is 5.46. The molecule has 0 bridgehead atoms. The molecule has 2 saturated carbocycles. The topological polar surface area (TPSA) is 9.23 Å². The standard InChI is InChI=1S/C29H29F3O/c1-3-15-33-27-14-7-20(17-26(27)30)6-8-21-12-13-25(29(32)28(21)31)24-11-10-22-16-19(4-2)5-9-23(22)18-24/h3-4,7,12-14,17,19,22-24H,1-2,5,9-11,15-16,18H2. The van der Waals surface area contributed by atoms with Crippen molar-refractivity contribution in [2.24, 2.45) is 17.8 Å². The van der Waals surface area contributed by atoms with Gasteiger partial charge in [0.1, 0.15) is 6.61 Å². The predicted octanol–water partition coefficient (Wildman–Crippen LogP) is 7.55. The number of benzene rings is 2. The van der Waals surface area contributed by atoms with Crippen molar-refractivity contribution < 1.29 is 17.9 Å². The molecule has 2 aromatic rings. The van der Waals surface area contributed by atoms with Gasteiger partial charge in [-0.1, -0.05) is 36.6 Å². The van der Waals surface area contributed by atoms with E-state index in [2.05, 4.69) is 31.1 Å². The Labute approximate surface area is 194 Å². The number of rotatable bonds is 5. The Morgan fingerprint density at radius 3 is 2.45 bits per heavy atom. The molecule has 4 atom stereocenters. The molecule has 4 heteroatoms. The molecule has 33 heavy (non-hydrogen) atoms. The third kappa shape index (κ3) is 5.19. The van der Waals surface area contributed by atoms with Crippen LogP contribution in [0.2, 0.25) is 0 Å². The molecule has 0 amide bonds. The maximum atomic E-state index is 15.0. The number of ether oxygens (including phenoxy) is 1. The van der Waals surface area contributed by atoms with E-state index in [9.17, 15) is 8.78 Å².